The lowest BCUT2D eigenvalue weighted by molar-refractivity contribution is -0.138. The summed E-state index contributed by atoms with van der Waals surface area (Å²) < 4.78 is 56.7. The Balaban J connectivity index is 1.64. The van der Waals surface area contributed by atoms with Crippen molar-refractivity contribution >= 4 is 51.0 Å². The van der Waals surface area contributed by atoms with E-state index in [1.807, 2.05) is 0 Å². The molecule has 38 heavy (non-hydrogen) atoms. The Labute approximate surface area is 225 Å². The van der Waals surface area contributed by atoms with Crippen LogP contribution in [0.3, 0.4) is 0 Å². The number of rotatable bonds is 4. The number of alkyl halides is 4. The number of halogens is 5. The smallest absolute Gasteiger partial charge is 0.303 e. The number of nitrogens with one attached hydrogen (secondary N) is 1. The van der Waals surface area contributed by atoms with Gasteiger partial charge in [-0.15, -0.1) is 0 Å². The normalized spacial score (nSPS) is 22.6. The van der Waals surface area contributed by atoms with E-state index < -0.39 is 35.1 Å². The molecule has 0 radical (unpaired) electrons. The van der Waals surface area contributed by atoms with Gasteiger partial charge in [-0.3, -0.25) is 19.6 Å². The summed E-state index contributed by atoms with van der Waals surface area (Å²) in [4.78, 5) is 29.4. The van der Waals surface area contributed by atoms with Gasteiger partial charge in [0, 0.05) is 23.5 Å². The van der Waals surface area contributed by atoms with Gasteiger partial charge in [0.2, 0.25) is 0 Å². The summed E-state index contributed by atoms with van der Waals surface area (Å²) >= 11 is 6.51. The molecule has 0 spiro atoms. The van der Waals surface area contributed by atoms with E-state index in [-0.39, 0.29) is 40.5 Å². The van der Waals surface area contributed by atoms with Crippen LogP contribution >= 0.6 is 23.4 Å². The van der Waals surface area contributed by atoms with Crippen molar-refractivity contribution in [2.75, 3.05) is 20.1 Å². The van der Waals surface area contributed by atoms with E-state index in [2.05, 4.69) is 10.2 Å². The lowest BCUT2D eigenvalue weighted by atomic mass is 9.93. The van der Waals surface area contributed by atoms with Crippen molar-refractivity contribution in [2.45, 2.75) is 38.2 Å². The van der Waals surface area contributed by atoms with E-state index in [0.717, 1.165) is 16.4 Å². The van der Waals surface area contributed by atoms with Gasteiger partial charge in [-0.1, -0.05) is 23.7 Å². The number of hydrogen-bond donors (Lipinski definition) is 1. The van der Waals surface area contributed by atoms with E-state index in [9.17, 15) is 27.2 Å². The summed E-state index contributed by atoms with van der Waals surface area (Å²) in [5.74, 6) is -0.696. The number of likely N-dealkylation sites (tertiary alicyclic amines) is 1. The molecule has 2 saturated heterocycles. The number of hydrogen-bond acceptors (Lipinski definition) is 5. The van der Waals surface area contributed by atoms with Crippen molar-refractivity contribution in [2.24, 2.45) is 0 Å². The Morgan fingerprint density at radius 3 is 2.68 bits per heavy atom. The third-order valence-electron chi connectivity index (χ3n) is 6.96. The van der Waals surface area contributed by atoms with E-state index in [0.29, 0.717) is 35.1 Å². The van der Waals surface area contributed by atoms with E-state index in [1.54, 1.807) is 37.1 Å². The van der Waals surface area contributed by atoms with Crippen LogP contribution in [0.4, 0.5) is 22.4 Å². The van der Waals surface area contributed by atoms with Crippen LogP contribution in [-0.2, 0) is 17.4 Å². The number of carbonyl (C=O) groups excluding carboxylic acids is 2. The van der Waals surface area contributed by atoms with Gasteiger partial charge in [0.05, 0.1) is 27.7 Å². The highest BCUT2D eigenvalue weighted by Crippen LogP contribution is 2.43. The Hall–Kier alpha value is -2.89. The number of fused-ring (bicyclic) bond motifs is 1. The fraction of sp³-hybridized carbons (Fsp3) is 0.346. The number of piperidine rings is 1. The van der Waals surface area contributed by atoms with Crippen molar-refractivity contribution in [3.8, 4) is 0 Å². The monoisotopic (exact) mass is 566 g/mol. The SMILES string of the molecule is Cc1n[nH]c2ccc(/C(Cc3ccc(Cl)cc3C(F)(F)F)=C3\SC(=O)N([C@H]4CCN(C)C[C@@H]4F)C3=O)cc12. The number of benzene rings is 2. The lowest BCUT2D eigenvalue weighted by Gasteiger charge is -2.36. The zero-order chi connectivity index (χ0) is 27.4. The van der Waals surface area contributed by atoms with Crippen molar-refractivity contribution in [3.05, 3.63) is 68.7 Å². The second kappa shape index (κ2) is 10.0. The molecular formula is C26H23ClF4N4O2S. The maximum absolute atomic E-state index is 14.9. The predicted octanol–water partition coefficient (Wildman–Crippen LogP) is 6.23. The average Bonchev–Trinajstić information content (AvgIpc) is 3.36. The highest BCUT2D eigenvalue weighted by Gasteiger charge is 2.46. The quantitative estimate of drug-likeness (QED) is 0.299. The minimum Gasteiger partial charge on any atom is -0.303 e. The molecule has 3 heterocycles. The molecule has 1 N–H and O–H groups in total. The zero-order valence-corrected chi connectivity index (χ0v) is 22.0. The molecule has 0 unspecified atom stereocenters. The van der Waals surface area contributed by atoms with Crippen LogP contribution in [0.15, 0.2) is 41.3 Å². The van der Waals surface area contributed by atoms with Crippen LogP contribution < -0.4 is 0 Å². The summed E-state index contributed by atoms with van der Waals surface area (Å²) in [6.45, 7) is 2.36. The number of thioether (sulfide) groups is 1. The lowest BCUT2D eigenvalue weighted by Crippen LogP contribution is -2.52. The van der Waals surface area contributed by atoms with Gasteiger partial charge in [-0.25, -0.2) is 4.39 Å². The Morgan fingerprint density at radius 1 is 1.21 bits per heavy atom. The van der Waals surface area contributed by atoms with Crippen LogP contribution in [0.25, 0.3) is 16.5 Å². The molecule has 2 aromatic carbocycles. The van der Waals surface area contributed by atoms with Gasteiger partial charge in [0.1, 0.15) is 6.17 Å². The second-order valence-corrected chi connectivity index (χ2v) is 10.9. The molecule has 0 saturated carbocycles. The van der Waals surface area contributed by atoms with Crippen LogP contribution in [0.1, 0.15) is 28.8 Å². The molecule has 5 rings (SSSR count). The molecule has 2 amide bonds. The zero-order valence-electron chi connectivity index (χ0n) is 20.4. The molecule has 3 aromatic rings. The van der Waals surface area contributed by atoms with Gasteiger partial charge in [0.15, 0.2) is 0 Å². The summed E-state index contributed by atoms with van der Waals surface area (Å²) in [6, 6.07) is 7.65. The maximum atomic E-state index is 14.9. The first-order valence-electron chi connectivity index (χ1n) is 11.9. The molecular weight excluding hydrogens is 544 g/mol. The number of aromatic nitrogens is 2. The molecule has 2 aliphatic heterocycles. The summed E-state index contributed by atoms with van der Waals surface area (Å²) in [5, 5.41) is 7.06. The number of allylic oxidation sites excluding steroid dienone is 1. The molecule has 6 nitrogen and oxygen atoms in total. The topological polar surface area (TPSA) is 69.3 Å². The molecule has 2 atom stereocenters. The maximum Gasteiger partial charge on any atom is 0.416 e. The standard InChI is InChI=1S/C26H23ClF4N4O2S/c1-13-17-9-14(4-6-21(17)33-32-13)18(10-15-3-5-16(27)11-19(15)26(29,30)31)23-24(36)35(25(37)38-23)22-7-8-34(2)12-20(22)28/h3-6,9,11,20,22H,7-8,10,12H2,1-2H3,(H,32,33)/b23-18-/t20-,22-/m0/s1. The van der Waals surface area contributed by atoms with Crippen LogP contribution in [0.5, 0.6) is 0 Å². The number of aryl methyl sites for hydroxylation is 1. The number of aromatic amines is 1. The van der Waals surface area contributed by atoms with Gasteiger partial charge in [-0.2, -0.15) is 18.3 Å². The van der Waals surface area contributed by atoms with Crippen LogP contribution in [0, 0.1) is 6.92 Å². The Morgan fingerprint density at radius 2 is 1.97 bits per heavy atom. The summed E-state index contributed by atoms with van der Waals surface area (Å²) in [6.07, 6.45) is -6.14. The van der Waals surface area contributed by atoms with Gasteiger partial charge < -0.3 is 4.90 Å². The largest absolute Gasteiger partial charge is 0.416 e. The van der Waals surface area contributed by atoms with Crippen molar-refractivity contribution in [3.63, 3.8) is 0 Å². The first-order valence-corrected chi connectivity index (χ1v) is 13.1. The molecule has 0 bridgehead atoms. The van der Waals surface area contributed by atoms with Gasteiger partial charge >= 0.3 is 6.18 Å². The van der Waals surface area contributed by atoms with Gasteiger partial charge in [-0.05, 0) is 79.5 Å². The predicted molar refractivity (Wildman–Crippen MR) is 139 cm³/mol. The number of amides is 2. The van der Waals surface area contributed by atoms with Crippen molar-refractivity contribution < 1.29 is 27.2 Å². The van der Waals surface area contributed by atoms with Crippen LogP contribution in [0.2, 0.25) is 5.02 Å². The van der Waals surface area contributed by atoms with E-state index in [4.69, 9.17) is 11.6 Å². The minimum absolute atomic E-state index is 0.00954. The molecule has 1 aromatic heterocycles. The fourth-order valence-corrected chi connectivity index (χ4v) is 6.15. The van der Waals surface area contributed by atoms with E-state index in [1.165, 1.54) is 12.1 Å². The Bertz CT molecular complexity index is 1470. The molecule has 12 heteroatoms. The third-order valence-corrected chi connectivity index (χ3v) is 8.19. The molecule has 2 aliphatic rings. The highest BCUT2D eigenvalue weighted by molar-refractivity contribution is 8.18. The second-order valence-electron chi connectivity index (χ2n) is 9.53. The fourth-order valence-electron chi connectivity index (χ4n) is 4.99. The van der Waals surface area contributed by atoms with Crippen LogP contribution in [-0.4, -0.2) is 63.5 Å². The molecule has 200 valence electrons. The first-order chi connectivity index (χ1) is 17.9. The van der Waals surface area contributed by atoms with Crippen molar-refractivity contribution in [1.29, 1.82) is 0 Å². The molecule has 2 fully saturated rings. The van der Waals surface area contributed by atoms with Crippen molar-refractivity contribution in [1.82, 2.24) is 20.0 Å². The highest BCUT2D eigenvalue weighted by atomic mass is 35.5. The average molecular weight is 567 g/mol. The number of nitrogens with zero attached hydrogens (tertiary/aromatic N) is 3. The summed E-state index contributed by atoms with van der Waals surface area (Å²) in [5.41, 5.74) is 1.07. The molecule has 0 aliphatic carbocycles. The summed E-state index contributed by atoms with van der Waals surface area (Å²) in [7, 11) is 1.76. The minimum atomic E-state index is -4.69. The third kappa shape index (κ3) is 4.94. The van der Waals surface area contributed by atoms with E-state index >= 15 is 0 Å². The van der Waals surface area contributed by atoms with Gasteiger partial charge in [0.25, 0.3) is 11.1 Å². The Kier molecular flexibility index (Phi) is 7.04. The number of imide groups is 1. The first kappa shape index (κ1) is 26.7. The number of carbonyl (C=O) groups is 2. The number of H-pyrrole nitrogens is 1.